The SMILES string of the molecule is C[C@@H](/C=C/CC(=O)N(CCO)Cc1ccccc1)[C@]1(O)C(=O)N(c2ccccc2)c2ccc(-n3[nH]c4ccccc4c3=O)cc21. The molecule has 45 heavy (non-hydrogen) atoms. The highest BCUT2D eigenvalue weighted by Gasteiger charge is 2.53. The number of hydrogen-bond donors (Lipinski definition) is 3. The zero-order chi connectivity index (χ0) is 31.6. The van der Waals surface area contributed by atoms with E-state index in [9.17, 15) is 24.6 Å². The van der Waals surface area contributed by atoms with Gasteiger partial charge in [-0.15, -0.1) is 0 Å². The maximum absolute atomic E-state index is 14.1. The molecule has 0 aliphatic carbocycles. The van der Waals surface area contributed by atoms with E-state index >= 15 is 0 Å². The first-order valence-electron chi connectivity index (χ1n) is 14.9. The number of hydrogen-bond acceptors (Lipinski definition) is 5. The van der Waals surface area contributed by atoms with Crippen LogP contribution >= 0.6 is 0 Å². The smallest absolute Gasteiger partial charge is 0.279 e. The molecule has 9 nitrogen and oxygen atoms in total. The van der Waals surface area contributed by atoms with E-state index in [1.165, 1.54) is 9.58 Å². The summed E-state index contributed by atoms with van der Waals surface area (Å²) in [5.74, 6) is -1.45. The monoisotopic (exact) mass is 602 g/mol. The fourth-order valence-corrected chi connectivity index (χ4v) is 5.93. The number of rotatable bonds is 10. The van der Waals surface area contributed by atoms with Crippen molar-refractivity contribution >= 4 is 34.1 Å². The number of H-pyrrole nitrogens is 1. The summed E-state index contributed by atoms with van der Waals surface area (Å²) in [6.07, 6.45) is 3.36. The van der Waals surface area contributed by atoms with E-state index in [-0.39, 0.29) is 31.0 Å². The molecule has 0 saturated heterocycles. The molecule has 5 aromatic rings. The molecule has 3 N–H and O–H groups in total. The number of aliphatic hydroxyl groups excluding tert-OH is 1. The number of aromatic amines is 1. The molecule has 0 fully saturated rings. The number of nitrogens with one attached hydrogen (secondary N) is 1. The summed E-state index contributed by atoms with van der Waals surface area (Å²) in [5.41, 5.74) is 1.33. The third-order valence-corrected chi connectivity index (χ3v) is 8.34. The van der Waals surface area contributed by atoms with Gasteiger partial charge in [0.1, 0.15) is 0 Å². The zero-order valence-electron chi connectivity index (χ0n) is 24.8. The van der Waals surface area contributed by atoms with E-state index in [0.29, 0.717) is 40.1 Å². The van der Waals surface area contributed by atoms with E-state index < -0.39 is 17.4 Å². The first-order chi connectivity index (χ1) is 21.8. The molecule has 0 saturated carbocycles. The van der Waals surface area contributed by atoms with Crippen molar-refractivity contribution in [1.82, 2.24) is 14.7 Å². The number of amides is 2. The van der Waals surface area contributed by atoms with Crippen molar-refractivity contribution in [1.29, 1.82) is 0 Å². The van der Waals surface area contributed by atoms with Crippen LogP contribution in [-0.2, 0) is 21.7 Å². The molecule has 1 aliphatic heterocycles. The van der Waals surface area contributed by atoms with Crippen LogP contribution in [0.15, 0.2) is 120 Å². The summed E-state index contributed by atoms with van der Waals surface area (Å²) >= 11 is 0. The van der Waals surface area contributed by atoms with Gasteiger partial charge in [-0.3, -0.25) is 24.4 Å². The normalized spacial score (nSPS) is 16.8. The lowest BCUT2D eigenvalue weighted by Gasteiger charge is -2.28. The fraction of sp³-hybridized carbons (Fsp3) is 0.194. The minimum absolute atomic E-state index is 0.0290. The summed E-state index contributed by atoms with van der Waals surface area (Å²) in [6, 6.07) is 31.0. The Bertz CT molecular complexity index is 1930. The van der Waals surface area contributed by atoms with Gasteiger partial charge in [0.15, 0.2) is 5.60 Å². The van der Waals surface area contributed by atoms with Gasteiger partial charge in [-0.1, -0.05) is 79.7 Å². The van der Waals surface area contributed by atoms with Crippen molar-refractivity contribution in [2.45, 2.75) is 25.5 Å². The van der Waals surface area contributed by atoms with Crippen LogP contribution in [0, 0.1) is 5.92 Å². The summed E-state index contributed by atoms with van der Waals surface area (Å²) in [4.78, 5) is 43.6. The number of benzene rings is 4. The van der Waals surface area contributed by atoms with Crippen molar-refractivity contribution in [3.05, 3.63) is 137 Å². The number of aromatic nitrogens is 2. The van der Waals surface area contributed by atoms with Crippen molar-refractivity contribution in [3.8, 4) is 5.69 Å². The minimum atomic E-state index is -1.98. The molecule has 9 heteroatoms. The van der Waals surface area contributed by atoms with Gasteiger partial charge in [-0.25, -0.2) is 4.68 Å². The number of aliphatic hydroxyl groups is 2. The van der Waals surface area contributed by atoms with E-state index in [4.69, 9.17) is 0 Å². The lowest BCUT2D eigenvalue weighted by atomic mass is 9.82. The van der Waals surface area contributed by atoms with Crippen LogP contribution in [0.4, 0.5) is 11.4 Å². The van der Waals surface area contributed by atoms with Crippen LogP contribution in [0.2, 0.25) is 0 Å². The Morgan fingerprint density at radius 3 is 2.33 bits per heavy atom. The van der Waals surface area contributed by atoms with Crippen molar-refractivity contribution in [2.24, 2.45) is 5.92 Å². The predicted molar refractivity (Wildman–Crippen MR) is 173 cm³/mol. The van der Waals surface area contributed by atoms with Gasteiger partial charge >= 0.3 is 0 Å². The Balaban J connectivity index is 1.33. The Morgan fingerprint density at radius 2 is 1.62 bits per heavy atom. The van der Waals surface area contributed by atoms with Gasteiger partial charge in [0.2, 0.25) is 5.91 Å². The molecule has 0 radical (unpaired) electrons. The van der Waals surface area contributed by atoms with E-state index in [0.717, 1.165) is 5.56 Å². The van der Waals surface area contributed by atoms with Crippen molar-refractivity contribution in [2.75, 3.05) is 18.1 Å². The number of carbonyl (C=O) groups is 2. The fourth-order valence-electron chi connectivity index (χ4n) is 5.93. The average molecular weight is 603 g/mol. The van der Waals surface area contributed by atoms with E-state index in [1.54, 1.807) is 66.4 Å². The highest BCUT2D eigenvalue weighted by atomic mass is 16.3. The second kappa shape index (κ2) is 12.4. The van der Waals surface area contributed by atoms with Crippen molar-refractivity contribution in [3.63, 3.8) is 0 Å². The molecule has 4 aromatic carbocycles. The Morgan fingerprint density at radius 1 is 0.933 bits per heavy atom. The maximum atomic E-state index is 14.1. The quantitative estimate of drug-likeness (QED) is 0.199. The van der Waals surface area contributed by atoms with Crippen LogP contribution in [-0.4, -0.2) is 49.9 Å². The summed E-state index contributed by atoms with van der Waals surface area (Å²) in [7, 11) is 0. The van der Waals surface area contributed by atoms with Crippen LogP contribution in [0.3, 0.4) is 0 Å². The van der Waals surface area contributed by atoms with E-state index in [1.807, 2.05) is 60.7 Å². The lowest BCUT2D eigenvalue weighted by molar-refractivity contribution is -0.138. The third kappa shape index (κ3) is 5.48. The molecule has 0 unspecified atom stereocenters. The summed E-state index contributed by atoms with van der Waals surface area (Å²) in [5, 5.41) is 25.5. The molecule has 1 aromatic heterocycles. The Labute approximate surface area is 260 Å². The van der Waals surface area contributed by atoms with Crippen LogP contribution in [0.25, 0.3) is 16.6 Å². The Hall–Kier alpha value is -5.25. The first kappa shape index (κ1) is 29.8. The molecule has 0 spiro atoms. The van der Waals surface area contributed by atoms with Gasteiger partial charge in [0, 0.05) is 36.7 Å². The number of para-hydroxylation sites is 2. The van der Waals surface area contributed by atoms with Gasteiger partial charge in [-0.2, -0.15) is 0 Å². The molecule has 2 atom stereocenters. The van der Waals surface area contributed by atoms with Gasteiger partial charge < -0.3 is 15.1 Å². The molecular weight excluding hydrogens is 568 g/mol. The van der Waals surface area contributed by atoms with Gasteiger partial charge in [-0.05, 0) is 48.0 Å². The van der Waals surface area contributed by atoms with Gasteiger partial charge in [0.25, 0.3) is 11.5 Å². The lowest BCUT2D eigenvalue weighted by Crippen LogP contribution is -2.42. The summed E-state index contributed by atoms with van der Waals surface area (Å²) < 4.78 is 1.41. The Kier molecular flexibility index (Phi) is 8.21. The summed E-state index contributed by atoms with van der Waals surface area (Å²) in [6.45, 7) is 2.12. The molecule has 0 bridgehead atoms. The van der Waals surface area contributed by atoms with Crippen molar-refractivity contribution < 1.29 is 19.8 Å². The predicted octanol–water partition coefficient (Wildman–Crippen LogP) is 4.79. The molecule has 228 valence electrons. The number of fused-ring (bicyclic) bond motifs is 2. The molecular formula is C36H34N4O5. The zero-order valence-corrected chi connectivity index (χ0v) is 24.8. The highest BCUT2D eigenvalue weighted by Crippen LogP contribution is 2.48. The van der Waals surface area contributed by atoms with Crippen LogP contribution in [0.5, 0.6) is 0 Å². The first-order valence-corrected chi connectivity index (χ1v) is 14.9. The largest absolute Gasteiger partial charge is 0.395 e. The topological polar surface area (TPSA) is 119 Å². The minimum Gasteiger partial charge on any atom is -0.395 e. The highest BCUT2D eigenvalue weighted by molar-refractivity contribution is 6.12. The van der Waals surface area contributed by atoms with Gasteiger partial charge in [0.05, 0.1) is 28.9 Å². The number of carbonyl (C=O) groups excluding carboxylic acids is 2. The molecule has 2 amide bonds. The standard InChI is InChI=1S/C36H34N4O5/c1-25(11-10-18-33(42)38(21-22-41)24-26-12-4-2-5-13-26)36(45)30-23-28(40-34(43)29-16-8-9-17-31(29)37-40)19-20-32(30)39(35(36)44)27-14-6-3-7-15-27/h2-17,19-20,23,25,37,41,45H,18,21-22,24H2,1H3/b11-10+/t25-,36+/m0/s1. The second-order valence-electron chi connectivity index (χ2n) is 11.2. The average Bonchev–Trinajstić information content (AvgIpc) is 3.52. The molecule has 6 rings (SSSR count). The number of anilines is 2. The number of nitrogens with zero attached hydrogens (tertiary/aromatic N) is 3. The molecule has 1 aliphatic rings. The molecule has 2 heterocycles. The maximum Gasteiger partial charge on any atom is 0.279 e. The van der Waals surface area contributed by atoms with Crippen LogP contribution in [0.1, 0.15) is 24.5 Å². The van der Waals surface area contributed by atoms with E-state index in [2.05, 4.69) is 5.10 Å². The second-order valence-corrected chi connectivity index (χ2v) is 11.2. The van der Waals surface area contributed by atoms with Crippen LogP contribution < -0.4 is 10.5 Å². The third-order valence-electron chi connectivity index (χ3n) is 8.34.